The molecular formula is C13H15N3OS. The molecule has 0 unspecified atom stereocenters. The lowest BCUT2D eigenvalue weighted by atomic mass is 10.2. The highest BCUT2D eigenvalue weighted by atomic mass is 32.1. The Morgan fingerprint density at radius 3 is 3.06 bits per heavy atom. The van der Waals surface area contributed by atoms with Crippen LogP contribution < -0.4 is 11.1 Å². The number of amides is 1. The van der Waals surface area contributed by atoms with E-state index < -0.39 is 0 Å². The standard InChI is InChI=1S/C13H15N3OS/c14-9-10-3-5-15-12(8-10)13(17)16-6-4-11-2-1-7-18-11/h1-3,5,7-8H,4,6,9,14H2,(H,16,17). The first-order valence-electron chi connectivity index (χ1n) is 5.75. The minimum atomic E-state index is -0.151. The van der Waals surface area contributed by atoms with Gasteiger partial charge in [0.25, 0.3) is 5.91 Å². The van der Waals surface area contributed by atoms with Gasteiger partial charge in [-0.15, -0.1) is 11.3 Å². The van der Waals surface area contributed by atoms with Gasteiger partial charge in [-0.2, -0.15) is 0 Å². The molecule has 0 aliphatic carbocycles. The van der Waals surface area contributed by atoms with Crippen molar-refractivity contribution in [3.63, 3.8) is 0 Å². The maximum atomic E-state index is 11.8. The Morgan fingerprint density at radius 1 is 1.44 bits per heavy atom. The Bertz CT molecular complexity index is 511. The van der Waals surface area contributed by atoms with Crippen molar-refractivity contribution in [2.45, 2.75) is 13.0 Å². The molecule has 0 radical (unpaired) electrons. The quantitative estimate of drug-likeness (QED) is 0.858. The molecule has 2 aromatic rings. The van der Waals surface area contributed by atoms with E-state index in [0.29, 0.717) is 18.8 Å². The number of nitrogens with one attached hydrogen (secondary N) is 1. The first kappa shape index (κ1) is 12.7. The van der Waals surface area contributed by atoms with Gasteiger partial charge in [0.15, 0.2) is 0 Å². The van der Waals surface area contributed by atoms with Crippen LogP contribution in [0.2, 0.25) is 0 Å². The smallest absolute Gasteiger partial charge is 0.269 e. The lowest BCUT2D eigenvalue weighted by Crippen LogP contribution is -2.26. The minimum Gasteiger partial charge on any atom is -0.350 e. The van der Waals surface area contributed by atoms with E-state index in [1.165, 1.54) is 4.88 Å². The predicted molar refractivity (Wildman–Crippen MR) is 72.5 cm³/mol. The molecule has 2 heterocycles. The lowest BCUT2D eigenvalue weighted by Gasteiger charge is -2.04. The maximum Gasteiger partial charge on any atom is 0.269 e. The van der Waals surface area contributed by atoms with E-state index in [4.69, 9.17) is 5.73 Å². The Morgan fingerprint density at radius 2 is 2.33 bits per heavy atom. The van der Waals surface area contributed by atoms with Crippen LogP contribution in [-0.2, 0) is 13.0 Å². The summed E-state index contributed by atoms with van der Waals surface area (Å²) in [7, 11) is 0. The van der Waals surface area contributed by atoms with Crippen molar-refractivity contribution in [3.05, 3.63) is 52.0 Å². The normalized spacial score (nSPS) is 10.3. The molecule has 1 amide bonds. The van der Waals surface area contributed by atoms with Gasteiger partial charge in [0, 0.05) is 24.2 Å². The second-order valence-electron chi connectivity index (χ2n) is 3.84. The van der Waals surface area contributed by atoms with Gasteiger partial charge >= 0.3 is 0 Å². The molecule has 5 heteroatoms. The molecule has 2 rings (SSSR count). The first-order chi connectivity index (χ1) is 8.79. The van der Waals surface area contributed by atoms with Crippen LogP contribution in [-0.4, -0.2) is 17.4 Å². The van der Waals surface area contributed by atoms with Crippen LogP contribution >= 0.6 is 11.3 Å². The summed E-state index contributed by atoms with van der Waals surface area (Å²) in [6.45, 7) is 1.03. The maximum absolute atomic E-state index is 11.8. The third kappa shape index (κ3) is 3.38. The van der Waals surface area contributed by atoms with E-state index in [-0.39, 0.29) is 5.91 Å². The third-order valence-corrected chi connectivity index (χ3v) is 3.47. The number of hydrogen-bond donors (Lipinski definition) is 2. The summed E-state index contributed by atoms with van der Waals surface area (Å²) in [5, 5.41) is 4.88. The minimum absolute atomic E-state index is 0.151. The number of rotatable bonds is 5. The van der Waals surface area contributed by atoms with Crippen molar-refractivity contribution < 1.29 is 4.79 Å². The highest BCUT2D eigenvalue weighted by Crippen LogP contribution is 2.08. The van der Waals surface area contributed by atoms with Crippen molar-refractivity contribution in [1.82, 2.24) is 10.3 Å². The molecule has 3 N–H and O–H groups in total. The number of pyridine rings is 1. The summed E-state index contributed by atoms with van der Waals surface area (Å²) in [6, 6.07) is 7.60. The van der Waals surface area contributed by atoms with E-state index in [9.17, 15) is 4.79 Å². The average molecular weight is 261 g/mol. The molecule has 2 aromatic heterocycles. The molecular weight excluding hydrogens is 246 g/mol. The van der Waals surface area contributed by atoms with E-state index in [1.54, 1.807) is 23.6 Å². The summed E-state index contributed by atoms with van der Waals surface area (Å²) >= 11 is 1.69. The summed E-state index contributed by atoms with van der Waals surface area (Å²) in [5.41, 5.74) is 6.86. The summed E-state index contributed by atoms with van der Waals surface area (Å²) in [5.74, 6) is -0.151. The monoisotopic (exact) mass is 261 g/mol. The van der Waals surface area contributed by atoms with Crippen LogP contribution in [0.5, 0.6) is 0 Å². The summed E-state index contributed by atoms with van der Waals surface area (Å²) < 4.78 is 0. The molecule has 0 saturated heterocycles. The molecule has 0 aliphatic rings. The van der Waals surface area contributed by atoms with Gasteiger partial charge in [0.05, 0.1) is 0 Å². The van der Waals surface area contributed by atoms with Gasteiger partial charge in [-0.05, 0) is 35.6 Å². The average Bonchev–Trinajstić information content (AvgIpc) is 2.92. The van der Waals surface area contributed by atoms with Crippen LogP contribution in [0.1, 0.15) is 20.9 Å². The van der Waals surface area contributed by atoms with E-state index in [0.717, 1.165) is 12.0 Å². The van der Waals surface area contributed by atoms with Crippen molar-refractivity contribution in [1.29, 1.82) is 0 Å². The number of nitrogens with two attached hydrogens (primary N) is 1. The third-order valence-electron chi connectivity index (χ3n) is 2.53. The second kappa shape index (κ2) is 6.28. The van der Waals surface area contributed by atoms with Crippen molar-refractivity contribution >= 4 is 17.2 Å². The molecule has 0 aliphatic heterocycles. The highest BCUT2D eigenvalue weighted by molar-refractivity contribution is 7.09. The zero-order chi connectivity index (χ0) is 12.8. The van der Waals surface area contributed by atoms with Crippen LogP contribution in [0.4, 0.5) is 0 Å². The fourth-order valence-corrected chi connectivity index (χ4v) is 2.28. The zero-order valence-corrected chi connectivity index (χ0v) is 10.7. The van der Waals surface area contributed by atoms with E-state index in [1.807, 2.05) is 17.5 Å². The molecule has 0 atom stereocenters. The SMILES string of the molecule is NCc1ccnc(C(=O)NCCc2cccs2)c1. The molecule has 0 spiro atoms. The van der Waals surface area contributed by atoms with Gasteiger partial charge in [0.2, 0.25) is 0 Å². The van der Waals surface area contributed by atoms with Gasteiger partial charge in [-0.25, -0.2) is 0 Å². The highest BCUT2D eigenvalue weighted by Gasteiger charge is 2.06. The largest absolute Gasteiger partial charge is 0.350 e. The molecule has 0 bridgehead atoms. The van der Waals surface area contributed by atoms with Crippen LogP contribution in [0.15, 0.2) is 35.8 Å². The molecule has 0 fully saturated rings. The Balaban J connectivity index is 1.87. The molecule has 18 heavy (non-hydrogen) atoms. The lowest BCUT2D eigenvalue weighted by molar-refractivity contribution is 0.0949. The first-order valence-corrected chi connectivity index (χ1v) is 6.63. The predicted octanol–water partition coefficient (Wildman–Crippen LogP) is 1.57. The van der Waals surface area contributed by atoms with Crippen LogP contribution in [0.25, 0.3) is 0 Å². The van der Waals surface area contributed by atoms with Crippen LogP contribution in [0.3, 0.4) is 0 Å². The molecule has 0 aromatic carbocycles. The second-order valence-corrected chi connectivity index (χ2v) is 4.87. The fraction of sp³-hybridized carbons (Fsp3) is 0.231. The Hall–Kier alpha value is -1.72. The van der Waals surface area contributed by atoms with Crippen molar-refractivity contribution in [2.75, 3.05) is 6.54 Å². The number of hydrogen-bond acceptors (Lipinski definition) is 4. The number of thiophene rings is 1. The fourth-order valence-electron chi connectivity index (χ4n) is 1.57. The van der Waals surface area contributed by atoms with E-state index >= 15 is 0 Å². The molecule has 94 valence electrons. The topological polar surface area (TPSA) is 68.0 Å². The number of carbonyl (C=O) groups excluding carboxylic acids is 1. The number of carbonyl (C=O) groups is 1. The summed E-state index contributed by atoms with van der Waals surface area (Å²) in [4.78, 5) is 17.1. The Kier molecular flexibility index (Phi) is 4.44. The molecule has 0 saturated carbocycles. The zero-order valence-electron chi connectivity index (χ0n) is 9.93. The number of aromatic nitrogens is 1. The number of nitrogens with zero attached hydrogens (tertiary/aromatic N) is 1. The Labute approximate surface area is 110 Å². The van der Waals surface area contributed by atoms with Gasteiger partial charge < -0.3 is 11.1 Å². The molecule has 4 nitrogen and oxygen atoms in total. The van der Waals surface area contributed by atoms with Crippen molar-refractivity contribution in [3.8, 4) is 0 Å². The van der Waals surface area contributed by atoms with Gasteiger partial charge in [0.1, 0.15) is 5.69 Å². The summed E-state index contributed by atoms with van der Waals surface area (Å²) in [6.07, 6.45) is 2.45. The van der Waals surface area contributed by atoms with Gasteiger partial charge in [-0.3, -0.25) is 9.78 Å². The van der Waals surface area contributed by atoms with E-state index in [2.05, 4.69) is 16.4 Å². The van der Waals surface area contributed by atoms with Crippen LogP contribution in [0, 0.1) is 0 Å². The van der Waals surface area contributed by atoms with Crippen molar-refractivity contribution in [2.24, 2.45) is 5.73 Å². The van der Waals surface area contributed by atoms with Gasteiger partial charge in [-0.1, -0.05) is 6.07 Å².